The number of hydrogen-bond acceptors (Lipinski definition) is 6. The van der Waals surface area contributed by atoms with E-state index in [0.717, 1.165) is 11.5 Å². The summed E-state index contributed by atoms with van der Waals surface area (Å²) in [5.74, 6) is 1.89. The van der Waals surface area contributed by atoms with Gasteiger partial charge in [-0.15, -0.1) is 0 Å². The minimum absolute atomic E-state index is 0.177. The molecule has 126 valence electrons. The quantitative estimate of drug-likeness (QED) is 0.852. The molecule has 2 aromatic rings. The lowest BCUT2D eigenvalue weighted by atomic mass is 9.95. The summed E-state index contributed by atoms with van der Waals surface area (Å²) in [5.41, 5.74) is -0.505. The van der Waals surface area contributed by atoms with Crippen molar-refractivity contribution in [3.05, 3.63) is 41.7 Å². The van der Waals surface area contributed by atoms with Crippen molar-refractivity contribution in [2.45, 2.75) is 45.3 Å². The minimum Gasteiger partial charge on any atom is -0.466 e. The molecule has 0 aliphatic heterocycles. The SMILES string of the molecule is COCc1cc(NCC(C)(O)c2ccco2)nc(C(C)(C)C)n1. The lowest BCUT2D eigenvalue weighted by Gasteiger charge is -2.23. The van der Waals surface area contributed by atoms with Gasteiger partial charge in [0.25, 0.3) is 0 Å². The number of furan rings is 1. The van der Waals surface area contributed by atoms with E-state index in [1.54, 1.807) is 32.4 Å². The fourth-order valence-corrected chi connectivity index (χ4v) is 2.08. The summed E-state index contributed by atoms with van der Waals surface area (Å²) in [7, 11) is 1.63. The maximum atomic E-state index is 10.5. The molecule has 0 aromatic carbocycles. The summed E-state index contributed by atoms with van der Waals surface area (Å²) in [4.78, 5) is 9.08. The number of nitrogens with zero attached hydrogens (tertiary/aromatic N) is 2. The van der Waals surface area contributed by atoms with Crippen molar-refractivity contribution in [1.82, 2.24) is 9.97 Å². The third kappa shape index (κ3) is 4.53. The second-order valence-corrected chi connectivity index (χ2v) is 6.86. The maximum Gasteiger partial charge on any atom is 0.136 e. The molecule has 0 saturated heterocycles. The molecule has 0 saturated carbocycles. The Hall–Kier alpha value is -1.92. The van der Waals surface area contributed by atoms with E-state index in [4.69, 9.17) is 9.15 Å². The Bertz CT molecular complexity index is 631. The molecular formula is C17H25N3O3. The summed E-state index contributed by atoms with van der Waals surface area (Å²) >= 11 is 0. The van der Waals surface area contributed by atoms with E-state index in [1.807, 2.05) is 6.07 Å². The van der Waals surface area contributed by atoms with Crippen LogP contribution in [-0.4, -0.2) is 28.7 Å². The van der Waals surface area contributed by atoms with Gasteiger partial charge < -0.3 is 19.6 Å². The van der Waals surface area contributed by atoms with Gasteiger partial charge in [0.05, 0.1) is 25.1 Å². The van der Waals surface area contributed by atoms with Crippen LogP contribution in [-0.2, 0) is 22.4 Å². The molecule has 2 N–H and O–H groups in total. The number of anilines is 1. The maximum absolute atomic E-state index is 10.5. The molecule has 23 heavy (non-hydrogen) atoms. The van der Waals surface area contributed by atoms with E-state index in [9.17, 15) is 5.11 Å². The van der Waals surface area contributed by atoms with Gasteiger partial charge in [0, 0.05) is 18.6 Å². The molecule has 2 heterocycles. The normalized spacial score (nSPS) is 14.5. The molecule has 1 atom stereocenters. The predicted octanol–water partition coefficient (Wildman–Crippen LogP) is 2.83. The number of ether oxygens (including phenoxy) is 1. The van der Waals surface area contributed by atoms with E-state index >= 15 is 0 Å². The summed E-state index contributed by atoms with van der Waals surface area (Å²) in [6.45, 7) is 8.55. The van der Waals surface area contributed by atoms with Gasteiger partial charge in [-0.05, 0) is 19.1 Å². The summed E-state index contributed by atoms with van der Waals surface area (Å²) in [5, 5.41) is 13.7. The predicted molar refractivity (Wildman–Crippen MR) is 88.2 cm³/mol. The topological polar surface area (TPSA) is 80.4 Å². The number of methoxy groups -OCH3 is 1. The highest BCUT2D eigenvalue weighted by molar-refractivity contribution is 5.38. The van der Waals surface area contributed by atoms with Crippen molar-refractivity contribution in [3.63, 3.8) is 0 Å². The first-order valence-electron chi connectivity index (χ1n) is 7.60. The molecule has 0 aliphatic carbocycles. The molecular weight excluding hydrogens is 294 g/mol. The second-order valence-electron chi connectivity index (χ2n) is 6.86. The lowest BCUT2D eigenvalue weighted by Crippen LogP contribution is -2.31. The molecule has 2 aromatic heterocycles. The number of rotatable bonds is 6. The van der Waals surface area contributed by atoms with Gasteiger partial charge in [-0.2, -0.15) is 0 Å². The zero-order chi connectivity index (χ0) is 17.1. The van der Waals surface area contributed by atoms with Crippen LogP contribution >= 0.6 is 0 Å². The Morgan fingerprint density at radius 3 is 2.57 bits per heavy atom. The Balaban J connectivity index is 2.20. The van der Waals surface area contributed by atoms with Crippen molar-refractivity contribution in [3.8, 4) is 0 Å². The molecule has 0 aliphatic rings. The van der Waals surface area contributed by atoms with Crippen LogP contribution in [0.15, 0.2) is 28.9 Å². The monoisotopic (exact) mass is 319 g/mol. The van der Waals surface area contributed by atoms with Crippen LogP contribution < -0.4 is 5.32 Å². The fraction of sp³-hybridized carbons (Fsp3) is 0.529. The highest BCUT2D eigenvalue weighted by atomic mass is 16.5. The van der Waals surface area contributed by atoms with Gasteiger partial charge in [-0.25, -0.2) is 9.97 Å². The first kappa shape index (κ1) is 17.4. The van der Waals surface area contributed by atoms with Gasteiger partial charge in [0.1, 0.15) is 23.0 Å². The van der Waals surface area contributed by atoms with E-state index in [0.29, 0.717) is 18.2 Å². The van der Waals surface area contributed by atoms with E-state index in [-0.39, 0.29) is 12.0 Å². The number of aliphatic hydroxyl groups is 1. The highest BCUT2D eigenvalue weighted by Crippen LogP contribution is 2.24. The molecule has 0 amide bonds. The molecule has 0 radical (unpaired) electrons. The first-order valence-corrected chi connectivity index (χ1v) is 7.60. The largest absolute Gasteiger partial charge is 0.466 e. The van der Waals surface area contributed by atoms with Crippen LogP contribution in [0.1, 0.15) is 45.0 Å². The molecule has 6 heteroatoms. The number of aromatic nitrogens is 2. The van der Waals surface area contributed by atoms with E-state index in [2.05, 4.69) is 36.1 Å². The Labute approximate surface area is 136 Å². The fourth-order valence-electron chi connectivity index (χ4n) is 2.08. The highest BCUT2D eigenvalue weighted by Gasteiger charge is 2.26. The van der Waals surface area contributed by atoms with Crippen molar-refractivity contribution in [1.29, 1.82) is 0 Å². The van der Waals surface area contributed by atoms with Crippen molar-refractivity contribution in [2.24, 2.45) is 0 Å². The van der Waals surface area contributed by atoms with Crippen LogP contribution in [0.2, 0.25) is 0 Å². The van der Waals surface area contributed by atoms with Gasteiger partial charge in [-0.1, -0.05) is 20.8 Å². The Morgan fingerprint density at radius 2 is 2.00 bits per heavy atom. The van der Waals surface area contributed by atoms with E-state index in [1.165, 1.54) is 0 Å². The Morgan fingerprint density at radius 1 is 1.26 bits per heavy atom. The molecule has 0 fully saturated rings. The van der Waals surface area contributed by atoms with Crippen molar-refractivity contribution < 1.29 is 14.3 Å². The smallest absolute Gasteiger partial charge is 0.136 e. The van der Waals surface area contributed by atoms with Crippen LogP contribution in [0.4, 0.5) is 5.82 Å². The van der Waals surface area contributed by atoms with Crippen LogP contribution in [0.3, 0.4) is 0 Å². The summed E-state index contributed by atoms with van der Waals surface area (Å²) in [6, 6.07) is 5.33. The molecule has 2 rings (SSSR count). The van der Waals surface area contributed by atoms with Crippen molar-refractivity contribution in [2.75, 3.05) is 19.0 Å². The third-order valence-electron chi connectivity index (χ3n) is 3.41. The molecule has 1 unspecified atom stereocenters. The summed E-state index contributed by atoms with van der Waals surface area (Å²) < 4.78 is 10.5. The lowest BCUT2D eigenvalue weighted by molar-refractivity contribution is 0.0475. The molecule has 0 bridgehead atoms. The van der Waals surface area contributed by atoms with E-state index < -0.39 is 5.60 Å². The Kier molecular flexibility index (Phi) is 5.06. The van der Waals surface area contributed by atoms with Crippen molar-refractivity contribution >= 4 is 5.82 Å². The average molecular weight is 319 g/mol. The zero-order valence-corrected chi connectivity index (χ0v) is 14.4. The zero-order valence-electron chi connectivity index (χ0n) is 14.4. The standard InChI is InChI=1S/C17H25N3O3/c1-16(2,3)15-19-12(10-22-5)9-14(20-15)18-11-17(4,21)13-7-6-8-23-13/h6-9,21H,10-11H2,1-5H3,(H,18,19,20). The van der Waals surface area contributed by atoms with Gasteiger partial charge in [0.2, 0.25) is 0 Å². The average Bonchev–Trinajstić information content (AvgIpc) is 2.99. The van der Waals surface area contributed by atoms with Gasteiger partial charge in [0.15, 0.2) is 0 Å². The van der Waals surface area contributed by atoms with Crippen LogP contribution in [0.25, 0.3) is 0 Å². The first-order chi connectivity index (χ1) is 10.7. The third-order valence-corrected chi connectivity index (χ3v) is 3.41. The molecule has 0 spiro atoms. The number of hydrogen-bond donors (Lipinski definition) is 2. The van der Waals surface area contributed by atoms with Gasteiger partial charge in [-0.3, -0.25) is 0 Å². The number of nitrogens with one attached hydrogen (secondary N) is 1. The second kappa shape index (κ2) is 6.68. The van der Waals surface area contributed by atoms with Gasteiger partial charge >= 0.3 is 0 Å². The molecule has 6 nitrogen and oxygen atoms in total. The van der Waals surface area contributed by atoms with Crippen LogP contribution in [0, 0.1) is 0 Å². The minimum atomic E-state index is -1.13. The summed E-state index contributed by atoms with van der Waals surface area (Å²) in [6.07, 6.45) is 1.54. The van der Waals surface area contributed by atoms with Crippen LogP contribution in [0.5, 0.6) is 0 Å².